The quantitative estimate of drug-likeness (QED) is 0.593. The van der Waals surface area contributed by atoms with Gasteiger partial charge in [0.05, 0.1) is 12.2 Å². The Morgan fingerprint density at radius 3 is 2.57 bits per heavy atom. The summed E-state index contributed by atoms with van der Waals surface area (Å²) in [6.45, 7) is 3.08. The highest BCUT2D eigenvalue weighted by Gasteiger charge is 2.44. The number of para-hydroxylation sites is 1. The van der Waals surface area contributed by atoms with E-state index in [1.807, 2.05) is 6.07 Å². The zero-order valence-corrected chi connectivity index (χ0v) is 16.2. The van der Waals surface area contributed by atoms with Gasteiger partial charge in [0.15, 0.2) is 0 Å². The summed E-state index contributed by atoms with van der Waals surface area (Å²) in [7, 11) is 0. The molecule has 28 heavy (non-hydrogen) atoms. The Morgan fingerprint density at radius 1 is 1.18 bits per heavy atom. The Kier molecular flexibility index (Phi) is 5.74. The van der Waals surface area contributed by atoms with E-state index >= 15 is 0 Å². The summed E-state index contributed by atoms with van der Waals surface area (Å²) in [5, 5.41) is 4.54. The lowest BCUT2D eigenvalue weighted by atomic mass is 10.2. The lowest BCUT2D eigenvalue weighted by Crippen LogP contribution is -2.39. The molecule has 0 spiro atoms. The SMILES string of the molecule is CCOC(=O)c1ccsc1NC(=O)CN1C(=O)C(C)N(c2ccccc2)C1=O. The van der Waals surface area contributed by atoms with E-state index in [0.717, 1.165) is 16.2 Å². The Morgan fingerprint density at radius 2 is 1.89 bits per heavy atom. The van der Waals surface area contributed by atoms with Crippen LogP contribution in [0.25, 0.3) is 0 Å². The molecule has 9 heteroatoms. The first-order valence-electron chi connectivity index (χ1n) is 8.68. The maximum absolute atomic E-state index is 12.7. The van der Waals surface area contributed by atoms with Crippen LogP contribution >= 0.6 is 11.3 Å². The topological polar surface area (TPSA) is 96.0 Å². The summed E-state index contributed by atoms with van der Waals surface area (Å²) < 4.78 is 4.94. The summed E-state index contributed by atoms with van der Waals surface area (Å²) >= 11 is 1.16. The average molecular weight is 401 g/mol. The van der Waals surface area contributed by atoms with Gasteiger partial charge in [0, 0.05) is 5.69 Å². The van der Waals surface area contributed by atoms with Crippen molar-refractivity contribution < 1.29 is 23.9 Å². The number of esters is 1. The van der Waals surface area contributed by atoms with Crippen molar-refractivity contribution in [3.8, 4) is 0 Å². The summed E-state index contributed by atoms with van der Waals surface area (Å²) in [4.78, 5) is 51.8. The van der Waals surface area contributed by atoms with Crippen molar-refractivity contribution in [1.29, 1.82) is 0 Å². The summed E-state index contributed by atoms with van der Waals surface area (Å²) in [6.07, 6.45) is 0. The first-order chi connectivity index (χ1) is 13.4. The van der Waals surface area contributed by atoms with Crippen molar-refractivity contribution in [1.82, 2.24) is 4.90 Å². The van der Waals surface area contributed by atoms with Crippen LogP contribution in [0, 0.1) is 0 Å². The molecule has 0 radical (unpaired) electrons. The number of benzene rings is 1. The van der Waals surface area contributed by atoms with Crippen LogP contribution in [0.2, 0.25) is 0 Å². The number of anilines is 2. The van der Waals surface area contributed by atoms with E-state index in [0.29, 0.717) is 10.7 Å². The highest BCUT2D eigenvalue weighted by atomic mass is 32.1. The van der Waals surface area contributed by atoms with Crippen LogP contribution in [-0.2, 0) is 14.3 Å². The van der Waals surface area contributed by atoms with E-state index in [9.17, 15) is 19.2 Å². The Bertz CT molecular complexity index is 911. The molecule has 1 N–H and O–H groups in total. The number of hydrogen-bond donors (Lipinski definition) is 1. The third-order valence-corrected chi connectivity index (χ3v) is 5.03. The van der Waals surface area contributed by atoms with Gasteiger partial charge in [0.25, 0.3) is 5.91 Å². The number of hydrogen-bond acceptors (Lipinski definition) is 6. The number of rotatable bonds is 6. The Hall–Kier alpha value is -3.20. The number of carbonyl (C=O) groups is 4. The minimum atomic E-state index is -0.709. The zero-order chi connectivity index (χ0) is 20.3. The lowest BCUT2D eigenvalue weighted by Gasteiger charge is -2.19. The molecule has 1 aromatic heterocycles. The van der Waals surface area contributed by atoms with Gasteiger partial charge in [-0.1, -0.05) is 18.2 Å². The number of thiophene rings is 1. The summed E-state index contributed by atoms with van der Waals surface area (Å²) in [5.41, 5.74) is 0.817. The molecule has 8 nitrogen and oxygen atoms in total. The first kappa shape index (κ1) is 19.6. The minimum absolute atomic E-state index is 0.214. The number of carbonyl (C=O) groups excluding carboxylic acids is 4. The van der Waals surface area contributed by atoms with E-state index < -0.39 is 36.4 Å². The van der Waals surface area contributed by atoms with E-state index in [4.69, 9.17) is 4.74 Å². The molecule has 0 aliphatic carbocycles. The van der Waals surface area contributed by atoms with Gasteiger partial charge in [0.1, 0.15) is 17.6 Å². The second-order valence-corrected chi connectivity index (χ2v) is 6.94. The smallest absolute Gasteiger partial charge is 0.341 e. The van der Waals surface area contributed by atoms with Crippen molar-refractivity contribution >= 4 is 45.8 Å². The van der Waals surface area contributed by atoms with Crippen LogP contribution < -0.4 is 10.2 Å². The van der Waals surface area contributed by atoms with Crippen LogP contribution in [0.5, 0.6) is 0 Å². The van der Waals surface area contributed by atoms with Crippen molar-refractivity contribution in [2.45, 2.75) is 19.9 Å². The van der Waals surface area contributed by atoms with Gasteiger partial charge < -0.3 is 10.1 Å². The highest BCUT2D eigenvalue weighted by Crippen LogP contribution is 2.27. The number of imide groups is 1. The van der Waals surface area contributed by atoms with E-state index in [1.165, 1.54) is 4.90 Å². The van der Waals surface area contributed by atoms with Gasteiger partial charge in [-0.05, 0) is 37.4 Å². The number of nitrogens with zero attached hydrogens (tertiary/aromatic N) is 2. The number of urea groups is 1. The molecule has 1 saturated heterocycles. The number of ether oxygens (including phenoxy) is 1. The first-order valence-corrected chi connectivity index (χ1v) is 9.56. The predicted octanol–water partition coefficient (Wildman–Crippen LogP) is 2.72. The second-order valence-electron chi connectivity index (χ2n) is 6.02. The molecule has 3 rings (SSSR count). The van der Waals surface area contributed by atoms with Crippen LogP contribution in [0.4, 0.5) is 15.5 Å². The molecule has 1 fully saturated rings. The molecule has 146 valence electrons. The maximum atomic E-state index is 12.7. The highest BCUT2D eigenvalue weighted by molar-refractivity contribution is 7.14. The van der Waals surface area contributed by atoms with Gasteiger partial charge in [-0.2, -0.15) is 0 Å². The van der Waals surface area contributed by atoms with Gasteiger partial charge >= 0.3 is 12.0 Å². The lowest BCUT2D eigenvalue weighted by molar-refractivity contribution is -0.130. The average Bonchev–Trinajstić information content (AvgIpc) is 3.21. The molecule has 1 aliphatic heterocycles. The summed E-state index contributed by atoms with van der Waals surface area (Å²) in [5.74, 6) is -1.58. The van der Waals surface area contributed by atoms with Gasteiger partial charge in [0.2, 0.25) is 5.91 Å². The molecule has 0 bridgehead atoms. The largest absolute Gasteiger partial charge is 0.462 e. The fourth-order valence-electron chi connectivity index (χ4n) is 2.88. The monoisotopic (exact) mass is 401 g/mol. The maximum Gasteiger partial charge on any atom is 0.341 e. The molecule has 1 unspecified atom stereocenters. The predicted molar refractivity (Wildman–Crippen MR) is 104 cm³/mol. The molecule has 2 heterocycles. The van der Waals surface area contributed by atoms with E-state index in [1.54, 1.807) is 49.6 Å². The zero-order valence-electron chi connectivity index (χ0n) is 15.4. The van der Waals surface area contributed by atoms with Gasteiger partial charge in [-0.25, -0.2) is 9.59 Å². The normalized spacial score (nSPS) is 16.4. The van der Waals surface area contributed by atoms with Crippen molar-refractivity contribution in [3.05, 3.63) is 47.3 Å². The number of amides is 4. The van der Waals surface area contributed by atoms with Crippen LogP contribution in [0.1, 0.15) is 24.2 Å². The molecule has 0 saturated carbocycles. The fraction of sp³-hybridized carbons (Fsp3) is 0.263. The third-order valence-electron chi connectivity index (χ3n) is 4.20. The van der Waals surface area contributed by atoms with Crippen LogP contribution in [-0.4, -0.2) is 47.9 Å². The van der Waals surface area contributed by atoms with Crippen molar-refractivity contribution in [2.75, 3.05) is 23.4 Å². The van der Waals surface area contributed by atoms with Crippen LogP contribution in [0.3, 0.4) is 0 Å². The minimum Gasteiger partial charge on any atom is -0.462 e. The van der Waals surface area contributed by atoms with E-state index in [-0.39, 0.29) is 12.2 Å². The standard InChI is InChI=1S/C19H19N3O5S/c1-3-27-18(25)14-9-10-28-16(14)20-15(23)11-21-17(24)12(2)22(19(21)26)13-7-5-4-6-8-13/h4-10,12H,3,11H2,1-2H3,(H,20,23). The molecule has 1 atom stereocenters. The Labute approximate surface area is 165 Å². The third kappa shape index (κ3) is 3.74. The number of nitrogens with one attached hydrogen (secondary N) is 1. The molecule has 2 aromatic rings. The van der Waals surface area contributed by atoms with E-state index in [2.05, 4.69) is 5.32 Å². The van der Waals surface area contributed by atoms with Crippen molar-refractivity contribution in [2.24, 2.45) is 0 Å². The van der Waals surface area contributed by atoms with Crippen molar-refractivity contribution in [3.63, 3.8) is 0 Å². The fourth-order valence-corrected chi connectivity index (χ4v) is 3.67. The van der Waals surface area contributed by atoms with Gasteiger partial charge in [-0.15, -0.1) is 11.3 Å². The second kappa shape index (κ2) is 8.22. The van der Waals surface area contributed by atoms with Crippen LogP contribution in [0.15, 0.2) is 41.8 Å². The molecule has 4 amide bonds. The Balaban J connectivity index is 1.71. The molecule has 1 aromatic carbocycles. The van der Waals surface area contributed by atoms with Gasteiger partial charge in [-0.3, -0.25) is 19.4 Å². The molecular weight excluding hydrogens is 382 g/mol. The molecular formula is C19H19N3O5S. The summed E-state index contributed by atoms with van der Waals surface area (Å²) in [6, 6.07) is 9.07. The molecule has 1 aliphatic rings.